The van der Waals surface area contributed by atoms with Crippen LogP contribution in [0, 0.1) is 0 Å². The van der Waals surface area contributed by atoms with E-state index in [-0.39, 0.29) is 11.1 Å². The molecule has 7 heteroatoms. The average molecular weight is 325 g/mol. The average Bonchev–Trinajstić information content (AvgIpc) is 3.08. The van der Waals surface area contributed by atoms with E-state index in [1.54, 1.807) is 18.3 Å². The Morgan fingerprint density at radius 2 is 1.92 bits per heavy atom. The van der Waals surface area contributed by atoms with Crippen LogP contribution in [-0.2, 0) is 6.42 Å². The second-order valence-corrected chi connectivity index (χ2v) is 5.19. The van der Waals surface area contributed by atoms with Gasteiger partial charge in [-0.3, -0.25) is 14.8 Å². The summed E-state index contributed by atoms with van der Waals surface area (Å²) in [4.78, 5) is 23.4. The Balaban J connectivity index is 1.66. The second kappa shape index (κ2) is 6.93. The van der Waals surface area contributed by atoms with Crippen molar-refractivity contribution in [2.75, 3.05) is 6.61 Å². The monoisotopic (exact) mass is 325 g/mol. The van der Waals surface area contributed by atoms with E-state index in [9.17, 15) is 9.59 Å². The Bertz CT molecular complexity index is 817. The first kappa shape index (κ1) is 15.7. The lowest BCUT2D eigenvalue weighted by Crippen LogP contribution is -2.21. The molecule has 0 spiro atoms. The minimum atomic E-state index is -0.687. The van der Waals surface area contributed by atoms with Crippen molar-refractivity contribution in [1.82, 2.24) is 10.9 Å². The van der Waals surface area contributed by atoms with Gasteiger partial charge in [-0.2, -0.15) is 5.10 Å². The number of carbonyl (C=O) groups excluding carboxylic acids is 2. The molecule has 24 heavy (non-hydrogen) atoms. The molecular formula is C17H15N3O4. The third-order valence-corrected chi connectivity index (χ3v) is 3.58. The van der Waals surface area contributed by atoms with Crippen LogP contribution in [0.4, 0.5) is 0 Å². The molecule has 0 saturated carbocycles. The number of nitrogens with zero attached hydrogens (tertiary/aromatic N) is 1. The number of fused-ring (bicyclic) bond motifs is 1. The quantitative estimate of drug-likeness (QED) is 0.450. The van der Waals surface area contributed by atoms with E-state index in [4.69, 9.17) is 9.94 Å². The van der Waals surface area contributed by atoms with Crippen LogP contribution in [0.25, 0.3) is 0 Å². The van der Waals surface area contributed by atoms with Gasteiger partial charge in [0.25, 0.3) is 11.8 Å². The van der Waals surface area contributed by atoms with Crippen molar-refractivity contribution >= 4 is 18.0 Å². The lowest BCUT2D eigenvalue weighted by molar-refractivity contribution is 0.0706. The number of ether oxygens (including phenoxy) is 1. The SMILES string of the molecule is O=C(NO)c1cccc(C(=O)N/N=C/c2ccc3c(c2)CCO3)c1. The van der Waals surface area contributed by atoms with Gasteiger partial charge >= 0.3 is 0 Å². The molecule has 0 aromatic heterocycles. The molecule has 0 radical (unpaired) electrons. The zero-order valence-corrected chi connectivity index (χ0v) is 12.7. The van der Waals surface area contributed by atoms with Gasteiger partial charge in [-0.25, -0.2) is 10.9 Å². The van der Waals surface area contributed by atoms with E-state index in [1.165, 1.54) is 17.6 Å². The minimum Gasteiger partial charge on any atom is -0.493 e. The molecule has 0 aliphatic carbocycles. The molecule has 122 valence electrons. The van der Waals surface area contributed by atoms with Crippen molar-refractivity contribution < 1.29 is 19.5 Å². The van der Waals surface area contributed by atoms with Crippen LogP contribution in [-0.4, -0.2) is 29.8 Å². The molecule has 7 nitrogen and oxygen atoms in total. The summed E-state index contributed by atoms with van der Waals surface area (Å²) in [6, 6.07) is 11.6. The lowest BCUT2D eigenvalue weighted by atomic mass is 10.1. The fourth-order valence-electron chi connectivity index (χ4n) is 2.38. The van der Waals surface area contributed by atoms with Crippen molar-refractivity contribution in [2.45, 2.75) is 6.42 Å². The minimum absolute atomic E-state index is 0.174. The lowest BCUT2D eigenvalue weighted by Gasteiger charge is -2.03. The molecule has 1 aliphatic rings. The fraction of sp³-hybridized carbons (Fsp3) is 0.118. The van der Waals surface area contributed by atoms with E-state index < -0.39 is 11.8 Å². The molecule has 0 bridgehead atoms. The van der Waals surface area contributed by atoms with Gasteiger partial charge < -0.3 is 4.74 Å². The van der Waals surface area contributed by atoms with E-state index in [2.05, 4.69) is 10.5 Å². The van der Waals surface area contributed by atoms with Gasteiger partial charge in [-0.05, 0) is 47.5 Å². The van der Waals surface area contributed by atoms with E-state index in [0.29, 0.717) is 6.61 Å². The zero-order chi connectivity index (χ0) is 16.9. The molecule has 0 atom stereocenters. The third-order valence-electron chi connectivity index (χ3n) is 3.58. The van der Waals surface area contributed by atoms with Gasteiger partial charge in [0.2, 0.25) is 0 Å². The number of rotatable bonds is 4. The Kier molecular flexibility index (Phi) is 4.53. The van der Waals surface area contributed by atoms with Crippen LogP contribution in [0.15, 0.2) is 47.6 Å². The molecule has 3 N–H and O–H groups in total. The molecule has 2 aromatic carbocycles. The summed E-state index contributed by atoms with van der Waals surface area (Å²) in [6.07, 6.45) is 2.41. The molecule has 0 fully saturated rings. The standard InChI is InChI=1S/C17H15N3O4/c21-16(13-2-1-3-14(9-13)17(22)20-23)19-18-10-11-4-5-15-12(8-11)6-7-24-15/h1-5,8-10,23H,6-7H2,(H,19,21)(H,20,22)/b18-10+. The first-order valence-electron chi connectivity index (χ1n) is 7.31. The van der Waals surface area contributed by atoms with Crippen LogP contribution in [0.3, 0.4) is 0 Å². The Labute approximate surface area is 137 Å². The summed E-state index contributed by atoms with van der Waals surface area (Å²) in [5.74, 6) is -0.257. The normalized spacial score (nSPS) is 12.5. The van der Waals surface area contributed by atoms with Gasteiger partial charge in [0.1, 0.15) is 5.75 Å². The van der Waals surface area contributed by atoms with Gasteiger partial charge in [-0.15, -0.1) is 0 Å². The molecule has 3 rings (SSSR count). The fourth-order valence-corrected chi connectivity index (χ4v) is 2.38. The second-order valence-electron chi connectivity index (χ2n) is 5.19. The molecule has 2 amide bonds. The number of hydrazone groups is 1. The first-order chi connectivity index (χ1) is 11.7. The van der Waals surface area contributed by atoms with Crippen molar-refractivity contribution in [3.8, 4) is 5.75 Å². The third kappa shape index (κ3) is 3.41. The number of hydroxylamine groups is 1. The van der Waals surface area contributed by atoms with Gasteiger partial charge in [0.05, 0.1) is 12.8 Å². The zero-order valence-electron chi connectivity index (χ0n) is 12.7. The number of nitrogens with one attached hydrogen (secondary N) is 2. The highest BCUT2D eigenvalue weighted by Gasteiger charge is 2.11. The molecule has 1 heterocycles. The van der Waals surface area contributed by atoms with Crippen LogP contribution in [0.5, 0.6) is 5.75 Å². The van der Waals surface area contributed by atoms with Crippen LogP contribution < -0.4 is 15.6 Å². The summed E-state index contributed by atoms with van der Waals surface area (Å²) < 4.78 is 5.43. The van der Waals surface area contributed by atoms with Gasteiger partial charge in [0, 0.05) is 17.5 Å². The van der Waals surface area contributed by atoms with E-state index in [1.807, 2.05) is 18.2 Å². The number of hydrogen-bond donors (Lipinski definition) is 3. The first-order valence-corrected chi connectivity index (χ1v) is 7.31. The summed E-state index contributed by atoms with van der Waals surface area (Å²) in [7, 11) is 0. The Morgan fingerprint density at radius 3 is 2.71 bits per heavy atom. The molecule has 0 unspecified atom stereocenters. The summed E-state index contributed by atoms with van der Waals surface area (Å²) in [5, 5.41) is 12.5. The highest BCUT2D eigenvalue weighted by Crippen LogP contribution is 2.25. The smallest absolute Gasteiger partial charge is 0.274 e. The van der Waals surface area contributed by atoms with Crippen LogP contribution in [0.2, 0.25) is 0 Å². The Hall–Kier alpha value is -3.19. The predicted octanol–water partition coefficient (Wildman–Crippen LogP) is 1.50. The summed E-state index contributed by atoms with van der Waals surface area (Å²) in [6.45, 7) is 0.685. The largest absolute Gasteiger partial charge is 0.493 e. The van der Waals surface area contributed by atoms with E-state index in [0.717, 1.165) is 23.3 Å². The van der Waals surface area contributed by atoms with Gasteiger partial charge in [0.15, 0.2) is 0 Å². The number of carbonyl (C=O) groups is 2. The predicted molar refractivity (Wildman–Crippen MR) is 86.4 cm³/mol. The van der Waals surface area contributed by atoms with Crippen LogP contribution >= 0.6 is 0 Å². The number of benzene rings is 2. The maximum absolute atomic E-state index is 12.0. The topological polar surface area (TPSA) is 100 Å². The summed E-state index contributed by atoms with van der Waals surface area (Å²) in [5.41, 5.74) is 6.33. The van der Waals surface area contributed by atoms with Crippen LogP contribution in [0.1, 0.15) is 31.8 Å². The highest BCUT2D eigenvalue weighted by atomic mass is 16.5. The van der Waals surface area contributed by atoms with Crippen molar-refractivity contribution in [2.24, 2.45) is 5.10 Å². The number of hydrogen-bond acceptors (Lipinski definition) is 5. The number of amides is 2. The summed E-state index contributed by atoms with van der Waals surface area (Å²) >= 11 is 0. The van der Waals surface area contributed by atoms with Crippen molar-refractivity contribution in [3.63, 3.8) is 0 Å². The molecule has 0 saturated heterocycles. The maximum atomic E-state index is 12.0. The van der Waals surface area contributed by atoms with Crippen molar-refractivity contribution in [3.05, 3.63) is 64.7 Å². The molecule has 2 aromatic rings. The van der Waals surface area contributed by atoms with Crippen molar-refractivity contribution in [1.29, 1.82) is 0 Å². The Morgan fingerprint density at radius 1 is 1.12 bits per heavy atom. The highest BCUT2D eigenvalue weighted by molar-refractivity contribution is 5.99. The van der Waals surface area contributed by atoms with E-state index >= 15 is 0 Å². The van der Waals surface area contributed by atoms with Gasteiger partial charge in [-0.1, -0.05) is 6.07 Å². The molecular weight excluding hydrogens is 310 g/mol. The maximum Gasteiger partial charge on any atom is 0.274 e. The molecule has 1 aliphatic heterocycles.